The van der Waals surface area contributed by atoms with E-state index < -0.39 is 5.82 Å². The van der Waals surface area contributed by atoms with Gasteiger partial charge in [0.1, 0.15) is 10.8 Å². The molecule has 0 aliphatic rings. The molecule has 0 spiro atoms. The van der Waals surface area contributed by atoms with E-state index in [2.05, 4.69) is 21.2 Å². The van der Waals surface area contributed by atoms with E-state index in [1.54, 1.807) is 18.2 Å². The lowest BCUT2D eigenvalue weighted by Crippen LogP contribution is -2.19. The smallest absolute Gasteiger partial charge is 0.256 e. The fourth-order valence-electron chi connectivity index (χ4n) is 1.89. The fourth-order valence-corrected chi connectivity index (χ4v) is 2.54. The minimum atomic E-state index is -0.566. The highest BCUT2D eigenvalue weighted by Gasteiger charge is 2.16. The first kappa shape index (κ1) is 15.6. The molecule has 1 amide bonds. The predicted molar refractivity (Wildman–Crippen MR) is 89.1 cm³/mol. The molecule has 0 saturated heterocycles. The van der Waals surface area contributed by atoms with Crippen LogP contribution < -0.4 is 11.1 Å². The summed E-state index contributed by atoms with van der Waals surface area (Å²) in [4.78, 5) is 12.2. The van der Waals surface area contributed by atoms with Gasteiger partial charge in [-0.25, -0.2) is 4.39 Å². The van der Waals surface area contributed by atoms with Gasteiger partial charge in [-0.05, 0) is 46.6 Å². The van der Waals surface area contributed by atoms with E-state index >= 15 is 0 Å². The van der Waals surface area contributed by atoms with Gasteiger partial charge >= 0.3 is 0 Å². The fraction of sp³-hybridized carbons (Fsp3) is 0.0667. The summed E-state index contributed by atoms with van der Waals surface area (Å²) in [5.41, 5.74) is 7.18. The van der Waals surface area contributed by atoms with Gasteiger partial charge in [-0.15, -0.1) is 0 Å². The molecular weight excluding hydrogens is 355 g/mol. The molecule has 2 rings (SSSR count). The Kier molecular flexibility index (Phi) is 4.69. The standard InChI is InChI=1S/C15H12BrFN2OS/c1-8-4-2-5-9(13(8)16)15(20)19-11-7-3-6-10(17)12(11)14(18)21/h2-7H,1H3,(H2,18,21)(H,19,20). The summed E-state index contributed by atoms with van der Waals surface area (Å²) in [7, 11) is 0. The number of nitrogens with one attached hydrogen (secondary N) is 1. The number of rotatable bonds is 3. The van der Waals surface area contributed by atoms with Crippen LogP contribution in [0.5, 0.6) is 0 Å². The number of thiocarbonyl (C=S) groups is 1. The molecule has 0 aromatic heterocycles. The SMILES string of the molecule is Cc1cccc(C(=O)Nc2cccc(F)c2C(N)=S)c1Br. The van der Waals surface area contributed by atoms with E-state index in [0.717, 1.165) is 5.56 Å². The third-order valence-corrected chi connectivity index (χ3v) is 4.20. The van der Waals surface area contributed by atoms with Crippen LogP contribution in [-0.2, 0) is 0 Å². The Morgan fingerprint density at radius 2 is 1.95 bits per heavy atom. The highest BCUT2D eigenvalue weighted by Crippen LogP contribution is 2.24. The zero-order chi connectivity index (χ0) is 15.6. The van der Waals surface area contributed by atoms with E-state index in [4.69, 9.17) is 18.0 Å². The summed E-state index contributed by atoms with van der Waals surface area (Å²) in [6.45, 7) is 1.88. The molecular formula is C15H12BrFN2OS. The van der Waals surface area contributed by atoms with Crippen molar-refractivity contribution in [2.24, 2.45) is 5.73 Å². The van der Waals surface area contributed by atoms with Gasteiger partial charge in [-0.2, -0.15) is 0 Å². The van der Waals surface area contributed by atoms with E-state index in [1.807, 2.05) is 13.0 Å². The molecule has 21 heavy (non-hydrogen) atoms. The normalized spacial score (nSPS) is 10.2. The van der Waals surface area contributed by atoms with Gasteiger partial charge in [-0.1, -0.05) is 30.4 Å². The van der Waals surface area contributed by atoms with Crippen LogP contribution in [0, 0.1) is 12.7 Å². The number of aryl methyl sites for hydroxylation is 1. The van der Waals surface area contributed by atoms with Crippen LogP contribution in [0.1, 0.15) is 21.5 Å². The second kappa shape index (κ2) is 6.32. The van der Waals surface area contributed by atoms with Crippen molar-refractivity contribution in [1.82, 2.24) is 0 Å². The maximum atomic E-state index is 13.8. The Balaban J connectivity index is 2.39. The summed E-state index contributed by atoms with van der Waals surface area (Å²) < 4.78 is 14.5. The van der Waals surface area contributed by atoms with Crippen molar-refractivity contribution in [1.29, 1.82) is 0 Å². The Bertz CT molecular complexity index is 734. The number of anilines is 1. The Morgan fingerprint density at radius 3 is 2.62 bits per heavy atom. The highest BCUT2D eigenvalue weighted by molar-refractivity contribution is 9.10. The van der Waals surface area contributed by atoms with Crippen LogP contribution in [0.3, 0.4) is 0 Å². The van der Waals surface area contributed by atoms with Crippen LogP contribution in [0.4, 0.5) is 10.1 Å². The molecule has 0 saturated carbocycles. The van der Waals surface area contributed by atoms with Crippen LogP contribution >= 0.6 is 28.1 Å². The van der Waals surface area contributed by atoms with E-state index in [1.165, 1.54) is 12.1 Å². The van der Waals surface area contributed by atoms with Crippen molar-refractivity contribution >= 4 is 44.7 Å². The van der Waals surface area contributed by atoms with Gasteiger partial charge in [0.25, 0.3) is 5.91 Å². The van der Waals surface area contributed by atoms with E-state index in [9.17, 15) is 9.18 Å². The minimum Gasteiger partial charge on any atom is -0.389 e. The average molecular weight is 367 g/mol. The number of hydrogen-bond donors (Lipinski definition) is 2. The third-order valence-electron chi connectivity index (χ3n) is 2.94. The number of carbonyl (C=O) groups is 1. The van der Waals surface area contributed by atoms with Crippen molar-refractivity contribution in [2.75, 3.05) is 5.32 Å². The van der Waals surface area contributed by atoms with Crippen LogP contribution in [0.2, 0.25) is 0 Å². The maximum Gasteiger partial charge on any atom is 0.256 e. The van der Waals surface area contributed by atoms with Crippen LogP contribution in [-0.4, -0.2) is 10.9 Å². The molecule has 0 unspecified atom stereocenters. The molecule has 3 nitrogen and oxygen atoms in total. The van der Waals surface area contributed by atoms with Crippen LogP contribution in [0.25, 0.3) is 0 Å². The second-order valence-corrected chi connectivity index (χ2v) is 5.65. The third kappa shape index (κ3) is 3.28. The van der Waals surface area contributed by atoms with Gasteiger partial charge in [0, 0.05) is 4.47 Å². The maximum absolute atomic E-state index is 13.8. The Labute approximate surface area is 135 Å². The number of halogens is 2. The van der Waals surface area contributed by atoms with E-state index in [0.29, 0.717) is 10.0 Å². The molecule has 2 aromatic rings. The number of benzene rings is 2. The van der Waals surface area contributed by atoms with Gasteiger partial charge < -0.3 is 11.1 Å². The molecule has 2 aromatic carbocycles. The molecule has 6 heteroatoms. The zero-order valence-corrected chi connectivity index (χ0v) is 13.5. The first-order valence-electron chi connectivity index (χ1n) is 6.06. The Hall–Kier alpha value is -1.79. The first-order valence-corrected chi connectivity index (χ1v) is 7.26. The number of hydrogen-bond acceptors (Lipinski definition) is 2. The van der Waals surface area contributed by atoms with E-state index in [-0.39, 0.29) is 22.1 Å². The van der Waals surface area contributed by atoms with Crippen molar-refractivity contribution in [3.63, 3.8) is 0 Å². The summed E-state index contributed by atoms with van der Waals surface area (Å²) >= 11 is 8.20. The Morgan fingerprint density at radius 1 is 1.29 bits per heavy atom. The second-order valence-electron chi connectivity index (χ2n) is 4.42. The largest absolute Gasteiger partial charge is 0.389 e. The van der Waals surface area contributed by atoms with Crippen molar-refractivity contribution in [3.05, 3.63) is 63.4 Å². The lowest BCUT2D eigenvalue weighted by Gasteiger charge is -2.12. The first-order chi connectivity index (χ1) is 9.91. The quantitative estimate of drug-likeness (QED) is 0.812. The van der Waals surface area contributed by atoms with Gasteiger partial charge in [0.2, 0.25) is 0 Å². The van der Waals surface area contributed by atoms with Gasteiger partial charge in [0.05, 0.1) is 16.8 Å². The number of nitrogens with two attached hydrogens (primary N) is 1. The molecule has 0 atom stereocenters. The summed E-state index contributed by atoms with van der Waals surface area (Å²) in [6, 6.07) is 9.61. The molecule has 0 heterocycles. The average Bonchev–Trinajstić information content (AvgIpc) is 2.41. The summed E-state index contributed by atoms with van der Waals surface area (Å²) in [5.74, 6) is -0.933. The highest BCUT2D eigenvalue weighted by atomic mass is 79.9. The predicted octanol–water partition coefficient (Wildman–Crippen LogP) is 3.78. The molecule has 0 aliphatic heterocycles. The summed E-state index contributed by atoms with van der Waals surface area (Å²) in [5, 5.41) is 2.64. The van der Waals surface area contributed by atoms with Crippen molar-refractivity contribution in [2.45, 2.75) is 6.92 Å². The van der Waals surface area contributed by atoms with Gasteiger partial charge in [0.15, 0.2) is 0 Å². The molecule has 0 aliphatic carbocycles. The van der Waals surface area contributed by atoms with Crippen molar-refractivity contribution < 1.29 is 9.18 Å². The lowest BCUT2D eigenvalue weighted by molar-refractivity contribution is 0.102. The number of amides is 1. The molecule has 0 bridgehead atoms. The topological polar surface area (TPSA) is 55.1 Å². The molecule has 3 N–H and O–H groups in total. The monoisotopic (exact) mass is 366 g/mol. The molecule has 0 radical (unpaired) electrons. The molecule has 0 fully saturated rings. The van der Waals surface area contributed by atoms with Crippen LogP contribution in [0.15, 0.2) is 40.9 Å². The minimum absolute atomic E-state index is 0.0321. The zero-order valence-electron chi connectivity index (χ0n) is 11.1. The van der Waals surface area contributed by atoms with Gasteiger partial charge in [-0.3, -0.25) is 4.79 Å². The summed E-state index contributed by atoms with van der Waals surface area (Å²) in [6.07, 6.45) is 0. The number of carbonyl (C=O) groups excluding carboxylic acids is 1. The molecule has 108 valence electrons. The lowest BCUT2D eigenvalue weighted by atomic mass is 10.1. The van der Waals surface area contributed by atoms with Crippen molar-refractivity contribution in [3.8, 4) is 0 Å².